The molecular weight excluding hydrogens is 514 g/mol. The summed E-state index contributed by atoms with van der Waals surface area (Å²) in [7, 11) is -7.08. The second-order valence-electron chi connectivity index (χ2n) is 9.80. The zero-order valence-electron chi connectivity index (χ0n) is 22.2. The standard InChI is InChI=1S/C31H33NO4S2/c1-23-19-24(2)31(25(3)20-23)38(35,36)32(18-17-26-9-6-5-7-10-26)22-27-13-15-28(16-14-27)29-11-8-12-30(21-29)37(4,33)34/h5-16,19-21H,17-18,22H2,1-4H3. The van der Waals surface area contributed by atoms with Gasteiger partial charge in [0, 0.05) is 19.3 Å². The van der Waals surface area contributed by atoms with Gasteiger partial charge in [0.2, 0.25) is 10.0 Å². The van der Waals surface area contributed by atoms with Crippen LogP contribution in [-0.4, -0.2) is 33.9 Å². The molecule has 38 heavy (non-hydrogen) atoms. The number of rotatable bonds is 9. The molecule has 0 atom stereocenters. The minimum atomic E-state index is -3.77. The summed E-state index contributed by atoms with van der Waals surface area (Å²) in [5.41, 5.74) is 6.10. The lowest BCUT2D eigenvalue weighted by atomic mass is 10.0. The van der Waals surface area contributed by atoms with Crippen LogP contribution in [-0.2, 0) is 32.8 Å². The molecule has 0 aliphatic carbocycles. The lowest BCUT2D eigenvalue weighted by Gasteiger charge is -2.25. The SMILES string of the molecule is Cc1cc(C)c(S(=O)(=O)N(CCc2ccccc2)Cc2ccc(-c3cccc(S(C)(=O)=O)c3)cc2)c(C)c1. The van der Waals surface area contributed by atoms with Gasteiger partial charge in [0.25, 0.3) is 0 Å². The number of hydrogen-bond acceptors (Lipinski definition) is 4. The molecule has 0 bridgehead atoms. The summed E-state index contributed by atoms with van der Waals surface area (Å²) in [6, 6.07) is 28.1. The van der Waals surface area contributed by atoms with E-state index < -0.39 is 19.9 Å². The van der Waals surface area contributed by atoms with E-state index in [1.54, 1.807) is 22.5 Å². The molecule has 198 valence electrons. The monoisotopic (exact) mass is 547 g/mol. The van der Waals surface area contributed by atoms with Crippen molar-refractivity contribution in [2.75, 3.05) is 12.8 Å². The second kappa shape index (κ2) is 11.2. The molecule has 4 aromatic carbocycles. The van der Waals surface area contributed by atoms with Crippen molar-refractivity contribution in [1.82, 2.24) is 4.31 Å². The Kier molecular flexibility index (Phi) is 8.21. The lowest BCUT2D eigenvalue weighted by molar-refractivity contribution is 0.409. The molecule has 0 aliphatic rings. The molecule has 5 nitrogen and oxygen atoms in total. The minimum Gasteiger partial charge on any atom is -0.224 e. The zero-order chi connectivity index (χ0) is 27.5. The normalized spacial score (nSPS) is 12.1. The Morgan fingerprint density at radius 3 is 1.89 bits per heavy atom. The maximum Gasteiger partial charge on any atom is 0.243 e. The first kappa shape index (κ1) is 27.8. The number of nitrogens with zero attached hydrogens (tertiary/aromatic N) is 1. The molecule has 0 unspecified atom stereocenters. The van der Waals surface area contributed by atoms with Crippen molar-refractivity contribution in [1.29, 1.82) is 0 Å². The molecule has 0 radical (unpaired) electrons. The molecule has 0 saturated carbocycles. The molecule has 0 heterocycles. The van der Waals surface area contributed by atoms with Gasteiger partial charge in [0.1, 0.15) is 0 Å². The molecule has 0 aromatic heterocycles. The van der Waals surface area contributed by atoms with Gasteiger partial charge in [-0.1, -0.05) is 84.4 Å². The number of benzene rings is 4. The summed E-state index contributed by atoms with van der Waals surface area (Å²) in [6.45, 7) is 6.24. The van der Waals surface area contributed by atoms with Crippen molar-refractivity contribution in [2.45, 2.75) is 43.5 Å². The Balaban J connectivity index is 1.66. The smallest absolute Gasteiger partial charge is 0.224 e. The van der Waals surface area contributed by atoms with Crippen LogP contribution in [0.4, 0.5) is 0 Å². The highest BCUT2D eigenvalue weighted by molar-refractivity contribution is 7.90. The van der Waals surface area contributed by atoms with Crippen molar-refractivity contribution >= 4 is 19.9 Å². The number of hydrogen-bond donors (Lipinski definition) is 0. The molecule has 0 N–H and O–H groups in total. The van der Waals surface area contributed by atoms with E-state index in [0.717, 1.165) is 38.9 Å². The minimum absolute atomic E-state index is 0.228. The lowest BCUT2D eigenvalue weighted by Crippen LogP contribution is -2.33. The van der Waals surface area contributed by atoms with Crippen LogP contribution in [0.2, 0.25) is 0 Å². The molecule has 0 amide bonds. The topological polar surface area (TPSA) is 71.5 Å². The summed E-state index contributed by atoms with van der Waals surface area (Å²) in [5.74, 6) is 0. The first-order valence-electron chi connectivity index (χ1n) is 12.5. The van der Waals surface area contributed by atoms with E-state index in [0.29, 0.717) is 17.9 Å². The van der Waals surface area contributed by atoms with Gasteiger partial charge in [-0.15, -0.1) is 0 Å². The predicted octanol–water partition coefficient (Wildman–Crippen LogP) is 6.12. The highest BCUT2D eigenvalue weighted by Crippen LogP contribution is 2.28. The Bertz CT molecular complexity index is 1620. The maximum absolute atomic E-state index is 14.0. The molecule has 0 saturated heterocycles. The van der Waals surface area contributed by atoms with E-state index >= 15 is 0 Å². The summed E-state index contributed by atoms with van der Waals surface area (Å²) < 4.78 is 53.5. The van der Waals surface area contributed by atoms with Crippen LogP contribution in [0.1, 0.15) is 27.8 Å². The van der Waals surface area contributed by atoms with Crippen molar-refractivity contribution in [3.8, 4) is 11.1 Å². The Labute approximate surface area is 226 Å². The number of sulfone groups is 1. The highest BCUT2D eigenvalue weighted by Gasteiger charge is 2.28. The average molecular weight is 548 g/mol. The average Bonchev–Trinajstić information content (AvgIpc) is 2.86. The van der Waals surface area contributed by atoms with Crippen LogP contribution in [0.3, 0.4) is 0 Å². The fourth-order valence-corrected chi connectivity index (χ4v) is 7.31. The molecule has 0 fully saturated rings. The van der Waals surface area contributed by atoms with E-state index in [1.165, 1.54) is 6.26 Å². The van der Waals surface area contributed by atoms with Gasteiger partial charge < -0.3 is 0 Å². The fraction of sp³-hybridized carbons (Fsp3) is 0.226. The van der Waals surface area contributed by atoms with Gasteiger partial charge in [-0.25, -0.2) is 16.8 Å². The van der Waals surface area contributed by atoms with Crippen LogP contribution in [0.5, 0.6) is 0 Å². The van der Waals surface area contributed by atoms with E-state index in [2.05, 4.69) is 0 Å². The largest absolute Gasteiger partial charge is 0.243 e. The van der Waals surface area contributed by atoms with Crippen LogP contribution in [0, 0.1) is 20.8 Å². The molecule has 0 aliphatic heterocycles. The van der Waals surface area contributed by atoms with Gasteiger partial charge >= 0.3 is 0 Å². The Morgan fingerprint density at radius 1 is 0.658 bits per heavy atom. The van der Waals surface area contributed by atoms with Gasteiger partial charge in [-0.3, -0.25) is 0 Å². The quantitative estimate of drug-likeness (QED) is 0.253. The molecular formula is C31H33NO4S2. The molecule has 0 spiro atoms. The van der Waals surface area contributed by atoms with Gasteiger partial charge in [-0.2, -0.15) is 4.31 Å². The predicted molar refractivity (Wildman–Crippen MR) is 153 cm³/mol. The first-order chi connectivity index (χ1) is 17.9. The fourth-order valence-electron chi connectivity index (χ4n) is 4.80. The third-order valence-electron chi connectivity index (χ3n) is 6.60. The second-order valence-corrected chi connectivity index (χ2v) is 13.7. The van der Waals surface area contributed by atoms with Crippen molar-refractivity contribution < 1.29 is 16.8 Å². The summed E-state index contributed by atoms with van der Waals surface area (Å²) >= 11 is 0. The van der Waals surface area contributed by atoms with Gasteiger partial charge in [0.15, 0.2) is 9.84 Å². The summed E-state index contributed by atoms with van der Waals surface area (Å²) in [4.78, 5) is 0.631. The molecule has 4 aromatic rings. The van der Waals surface area contributed by atoms with Crippen LogP contribution >= 0.6 is 0 Å². The van der Waals surface area contributed by atoms with Crippen LogP contribution < -0.4 is 0 Å². The van der Waals surface area contributed by atoms with Crippen molar-refractivity contribution in [3.63, 3.8) is 0 Å². The number of sulfonamides is 1. The summed E-state index contributed by atoms with van der Waals surface area (Å²) in [5, 5.41) is 0. The number of aryl methyl sites for hydroxylation is 3. The van der Waals surface area contributed by atoms with E-state index in [9.17, 15) is 16.8 Å². The third kappa shape index (κ3) is 6.41. The van der Waals surface area contributed by atoms with Gasteiger partial charge in [0.05, 0.1) is 9.79 Å². The van der Waals surface area contributed by atoms with E-state index in [-0.39, 0.29) is 11.4 Å². The van der Waals surface area contributed by atoms with Crippen LogP contribution in [0.15, 0.2) is 101 Å². The Morgan fingerprint density at radius 2 is 1.29 bits per heavy atom. The zero-order valence-corrected chi connectivity index (χ0v) is 23.8. The van der Waals surface area contributed by atoms with Crippen molar-refractivity contribution in [2.24, 2.45) is 0 Å². The molecule has 4 rings (SSSR count). The Hall–Kier alpha value is -3.26. The highest BCUT2D eigenvalue weighted by atomic mass is 32.2. The maximum atomic E-state index is 14.0. The van der Waals surface area contributed by atoms with E-state index in [4.69, 9.17) is 0 Å². The van der Waals surface area contributed by atoms with Crippen molar-refractivity contribution in [3.05, 3.63) is 119 Å². The molecule has 7 heteroatoms. The third-order valence-corrected chi connectivity index (χ3v) is 9.87. The first-order valence-corrected chi connectivity index (χ1v) is 15.8. The van der Waals surface area contributed by atoms with E-state index in [1.807, 2.05) is 93.6 Å². The van der Waals surface area contributed by atoms with Gasteiger partial charge in [-0.05, 0) is 72.7 Å². The van der Waals surface area contributed by atoms with Crippen LogP contribution in [0.25, 0.3) is 11.1 Å². The summed E-state index contributed by atoms with van der Waals surface area (Å²) in [6.07, 6.45) is 1.79.